The van der Waals surface area contributed by atoms with Crippen molar-refractivity contribution in [2.75, 3.05) is 13.7 Å². The predicted molar refractivity (Wildman–Crippen MR) is 129 cm³/mol. The van der Waals surface area contributed by atoms with Crippen molar-refractivity contribution in [2.24, 2.45) is 0 Å². The number of fused-ring (bicyclic) bond motifs is 1. The first kappa shape index (κ1) is 23.6. The molecule has 1 saturated carbocycles. The van der Waals surface area contributed by atoms with Crippen molar-refractivity contribution in [3.63, 3.8) is 0 Å². The molecule has 0 radical (unpaired) electrons. The number of aromatic nitrogens is 5. The minimum Gasteiger partial charge on any atom is -0.383 e. The van der Waals surface area contributed by atoms with E-state index in [-0.39, 0.29) is 11.6 Å². The van der Waals surface area contributed by atoms with Crippen LogP contribution in [0.5, 0.6) is 0 Å². The predicted octanol–water partition coefficient (Wildman–Crippen LogP) is 4.06. The third kappa shape index (κ3) is 5.17. The molecule has 1 aliphatic rings. The second kappa shape index (κ2) is 10.6. The largest absolute Gasteiger partial charge is 0.383 e. The van der Waals surface area contributed by atoms with E-state index in [0.717, 1.165) is 53.5 Å². The summed E-state index contributed by atoms with van der Waals surface area (Å²) in [5, 5.41) is 13.8. The minimum atomic E-state index is -0.00952. The zero-order valence-corrected chi connectivity index (χ0v) is 20.3. The molecule has 8 heteroatoms. The number of aryl methyl sites for hydroxylation is 2. The highest BCUT2D eigenvalue weighted by molar-refractivity contribution is 5.83. The molecule has 1 atom stereocenters. The summed E-state index contributed by atoms with van der Waals surface area (Å²) in [4.78, 5) is 18.8. The van der Waals surface area contributed by atoms with Crippen molar-refractivity contribution in [1.82, 2.24) is 30.1 Å². The average Bonchev–Trinajstić information content (AvgIpc) is 3.47. The van der Waals surface area contributed by atoms with Crippen molar-refractivity contribution >= 4 is 10.9 Å². The lowest BCUT2D eigenvalue weighted by atomic mass is 10.0. The summed E-state index contributed by atoms with van der Waals surface area (Å²) in [7, 11) is 1.69. The van der Waals surface area contributed by atoms with Crippen LogP contribution in [0.4, 0.5) is 0 Å². The molecule has 0 bridgehead atoms. The molecular formula is C25H36N6O2. The van der Waals surface area contributed by atoms with Gasteiger partial charge in [0.15, 0.2) is 5.82 Å². The van der Waals surface area contributed by atoms with Crippen LogP contribution in [0, 0.1) is 13.8 Å². The summed E-state index contributed by atoms with van der Waals surface area (Å²) in [6, 6.07) is 6.78. The van der Waals surface area contributed by atoms with E-state index in [9.17, 15) is 4.79 Å². The summed E-state index contributed by atoms with van der Waals surface area (Å²) in [6.07, 6.45) is 6.68. The van der Waals surface area contributed by atoms with E-state index in [0.29, 0.717) is 25.7 Å². The van der Waals surface area contributed by atoms with Gasteiger partial charge in [0, 0.05) is 36.2 Å². The number of hydrogen-bond acceptors (Lipinski definition) is 6. The van der Waals surface area contributed by atoms with Crippen LogP contribution in [0.15, 0.2) is 23.0 Å². The van der Waals surface area contributed by atoms with Crippen LogP contribution in [0.2, 0.25) is 0 Å². The molecule has 0 aliphatic heterocycles. The average molecular weight is 453 g/mol. The van der Waals surface area contributed by atoms with Crippen LogP contribution in [-0.2, 0) is 17.8 Å². The molecule has 2 heterocycles. The molecule has 3 aromatic rings. The Morgan fingerprint density at radius 3 is 2.76 bits per heavy atom. The van der Waals surface area contributed by atoms with E-state index in [2.05, 4.69) is 58.3 Å². The highest BCUT2D eigenvalue weighted by Gasteiger charge is 2.33. The number of nitrogens with one attached hydrogen (secondary N) is 1. The number of rotatable bonds is 10. The number of aromatic amines is 1. The highest BCUT2D eigenvalue weighted by atomic mass is 16.5. The van der Waals surface area contributed by atoms with Crippen LogP contribution in [0.25, 0.3) is 10.9 Å². The molecular weight excluding hydrogens is 416 g/mol. The van der Waals surface area contributed by atoms with Gasteiger partial charge in [-0.25, -0.2) is 4.68 Å². The lowest BCUT2D eigenvalue weighted by Gasteiger charge is -2.35. The number of nitrogens with zero attached hydrogens (tertiary/aromatic N) is 5. The van der Waals surface area contributed by atoms with Gasteiger partial charge in [0.25, 0.3) is 5.56 Å². The van der Waals surface area contributed by atoms with E-state index in [1.807, 2.05) is 10.7 Å². The van der Waals surface area contributed by atoms with Gasteiger partial charge in [-0.2, -0.15) is 0 Å². The first-order chi connectivity index (χ1) is 16.0. The third-order valence-corrected chi connectivity index (χ3v) is 6.86. The normalized spacial score (nSPS) is 15.7. The Kier molecular flexibility index (Phi) is 7.55. The number of tetrazole rings is 1. The molecule has 0 saturated heterocycles. The maximum atomic E-state index is 13.1. The minimum absolute atomic E-state index is 0.00952. The van der Waals surface area contributed by atoms with Crippen molar-refractivity contribution < 1.29 is 4.74 Å². The Hall–Kier alpha value is -2.58. The van der Waals surface area contributed by atoms with Crippen molar-refractivity contribution in [3.05, 3.63) is 51.1 Å². The van der Waals surface area contributed by atoms with Gasteiger partial charge in [0.1, 0.15) is 0 Å². The van der Waals surface area contributed by atoms with Gasteiger partial charge < -0.3 is 9.72 Å². The Balaban J connectivity index is 1.74. The first-order valence-electron chi connectivity index (χ1n) is 12.2. The molecule has 1 aliphatic carbocycles. The van der Waals surface area contributed by atoms with E-state index >= 15 is 0 Å². The van der Waals surface area contributed by atoms with Crippen LogP contribution < -0.4 is 5.56 Å². The summed E-state index contributed by atoms with van der Waals surface area (Å²) >= 11 is 0. The smallest absolute Gasteiger partial charge is 0.252 e. The fraction of sp³-hybridized carbons (Fsp3) is 0.600. The highest BCUT2D eigenvalue weighted by Crippen LogP contribution is 2.34. The van der Waals surface area contributed by atoms with Gasteiger partial charge in [0.05, 0.1) is 19.2 Å². The maximum absolute atomic E-state index is 13.1. The Labute approximate surface area is 195 Å². The van der Waals surface area contributed by atoms with Gasteiger partial charge in [-0.3, -0.25) is 9.69 Å². The first-order valence-corrected chi connectivity index (χ1v) is 12.2. The third-order valence-electron chi connectivity index (χ3n) is 6.86. The molecule has 2 aromatic heterocycles. The Morgan fingerprint density at radius 2 is 2.03 bits per heavy atom. The van der Waals surface area contributed by atoms with Crippen molar-refractivity contribution in [2.45, 2.75) is 84.5 Å². The molecule has 0 spiro atoms. The lowest BCUT2D eigenvalue weighted by Crippen LogP contribution is -2.39. The van der Waals surface area contributed by atoms with E-state index in [1.54, 1.807) is 7.11 Å². The van der Waals surface area contributed by atoms with Gasteiger partial charge in [0.2, 0.25) is 0 Å². The van der Waals surface area contributed by atoms with Gasteiger partial charge >= 0.3 is 0 Å². The molecule has 4 rings (SSSR count). The quantitative estimate of drug-likeness (QED) is 0.499. The lowest BCUT2D eigenvalue weighted by molar-refractivity contribution is 0.105. The number of pyridine rings is 1. The second-order valence-corrected chi connectivity index (χ2v) is 9.33. The zero-order valence-electron chi connectivity index (χ0n) is 20.3. The number of methoxy groups -OCH3 is 1. The Bertz CT molecular complexity index is 1130. The fourth-order valence-electron chi connectivity index (χ4n) is 5.26. The van der Waals surface area contributed by atoms with Crippen molar-refractivity contribution in [3.8, 4) is 0 Å². The SMILES string of the molecule is CCC[C@H](c1nnnn1CCOC)N(Cc1cc2c(C)cc(C)cc2[nH]c1=O)C1CCCC1. The molecule has 0 unspecified atom stereocenters. The number of hydrogen-bond donors (Lipinski definition) is 1. The molecule has 8 nitrogen and oxygen atoms in total. The summed E-state index contributed by atoms with van der Waals surface area (Å²) in [6.45, 7) is 8.12. The summed E-state index contributed by atoms with van der Waals surface area (Å²) in [5.74, 6) is 0.866. The number of benzene rings is 1. The van der Waals surface area contributed by atoms with E-state index < -0.39 is 0 Å². The maximum Gasteiger partial charge on any atom is 0.252 e. The van der Waals surface area contributed by atoms with Gasteiger partial charge in [-0.1, -0.05) is 32.3 Å². The molecule has 1 fully saturated rings. The summed E-state index contributed by atoms with van der Waals surface area (Å²) in [5.41, 5.74) is 4.04. The molecule has 178 valence electrons. The molecule has 1 N–H and O–H groups in total. The van der Waals surface area contributed by atoms with Gasteiger partial charge in [-0.05, 0) is 66.8 Å². The van der Waals surface area contributed by atoms with Crippen LogP contribution in [-0.4, -0.2) is 49.8 Å². The van der Waals surface area contributed by atoms with Gasteiger partial charge in [-0.15, -0.1) is 5.10 Å². The second-order valence-electron chi connectivity index (χ2n) is 9.33. The van der Waals surface area contributed by atoms with Crippen LogP contribution in [0.3, 0.4) is 0 Å². The Morgan fingerprint density at radius 1 is 1.24 bits per heavy atom. The topological polar surface area (TPSA) is 88.9 Å². The number of ether oxygens (including phenoxy) is 1. The van der Waals surface area contributed by atoms with Crippen LogP contribution in [0.1, 0.15) is 74.0 Å². The monoisotopic (exact) mass is 452 g/mol. The van der Waals surface area contributed by atoms with Crippen molar-refractivity contribution in [1.29, 1.82) is 0 Å². The zero-order chi connectivity index (χ0) is 23.4. The summed E-state index contributed by atoms with van der Waals surface area (Å²) < 4.78 is 7.13. The standard InChI is InChI=1S/C25H36N6O2/c1-5-8-23(24-27-28-29-31(24)11-12-33-4)30(20-9-6-7-10-20)16-19-15-21-18(3)13-17(2)14-22(21)26-25(19)32/h13-15,20,23H,5-12,16H2,1-4H3,(H,26,32)/t23-/m1/s1. The molecule has 0 amide bonds. The molecule has 33 heavy (non-hydrogen) atoms. The number of H-pyrrole nitrogens is 1. The van der Waals surface area contributed by atoms with E-state index in [4.69, 9.17) is 4.74 Å². The fourth-order valence-corrected chi connectivity index (χ4v) is 5.26. The van der Waals surface area contributed by atoms with Crippen LogP contribution >= 0.6 is 0 Å². The van der Waals surface area contributed by atoms with E-state index in [1.165, 1.54) is 18.4 Å². The molecule has 1 aromatic carbocycles.